The number of fused-ring (bicyclic) bond motifs is 2. The molecule has 0 spiro atoms. The van der Waals surface area contributed by atoms with Crippen LogP contribution in [0.1, 0.15) is 39.2 Å². The molecule has 0 amide bonds. The van der Waals surface area contributed by atoms with Crippen molar-refractivity contribution in [2.75, 3.05) is 14.2 Å². The Bertz CT molecular complexity index is 624. The van der Waals surface area contributed by atoms with Crippen LogP contribution in [0.3, 0.4) is 0 Å². The highest BCUT2D eigenvalue weighted by Crippen LogP contribution is 2.66. The molecule has 2 aliphatic carbocycles. The topological polar surface area (TPSA) is 55.8 Å². The summed E-state index contributed by atoms with van der Waals surface area (Å²) in [5.74, 6) is 1.64. The fraction of sp³-hybridized carbons (Fsp3) is 0.632. The number of hydrogen-bond acceptors (Lipinski definition) is 4. The Kier molecular flexibility index (Phi) is 3.62. The summed E-state index contributed by atoms with van der Waals surface area (Å²) >= 11 is 0. The van der Waals surface area contributed by atoms with Gasteiger partial charge in [0.25, 0.3) is 0 Å². The first-order chi connectivity index (χ1) is 10.8. The van der Waals surface area contributed by atoms with E-state index in [9.17, 15) is 9.90 Å². The fourth-order valence-electron chi connectivity index (χ4n) is 4.83. The number of rotatable bonds is 4. The first-order valence-electron chi connectivity index (χ1n) is 8.24. The lowest BCUT2D eigenvalue weighted by molar-refractivity contribution is -0.131. The number of aromatic hydroxyl groups is 1. The van der Waals surface area contributed by atoms with Crippen LogP contribution in [0, 0.1) is 22.7 Å². The lowest BCUT2D eigenvalue weighted by Gasteiger charge is -2.32. The first-order valence-corrected chi connectivity index (χ1v) is 8.24. The summed E-state index contributed by atoms with van der Waals surface area (Å²) in [5, 5.41) is 10.0. The average molecular weight is 318 g/mol. The molecule has 0 heterocycles. The summed E-state index contributed by atoms with van der Waals surface area (Å²) in [7, 11) is 3.04. The molecular weight excluding hydrogens is 292 g/mol. The third-order valence-electron chi connectivity index (χ3n) is 6.67. The Hall–Kier alpha value is -1.71. The number of ketones is 1. The molecule has 1 N–H and O–H groups in total. The molecule has 1 aromatic carbocycles. The minimum Gasteiger partial charge on any atom is -0.502 e. The van der Waals surface area contributed by atoms with Crippen molar-refractivity contribution in [2.45, 2.75) is 40.0 Å². The molecule has 2 aliphatic rings. The monoisotopic (exact) mass is 318 g/mol. The first kappa shape index (κ1) is 16.2. The van der Waals surface area contributed by atoms with Gasteiger partial charge in [0, 0.05) is 11.3 Å². The predicted molar refractivity (Wildman–Crippen MR) is 88.0 cm³/mol. The summed E-state index contributed by atoms with van der Waals surface area (Å²) in [6.07, 6.45) is 2.80. The Balaban J connectivity index is 1.93. The zero-order valence-electron chi connectivity index (χ0n) is 14.6. The molecule has 4 heteroatoms. The second-order valence-electron chi connectivity index (χ2n) is 7.72. The number of ether oxygens (including phenoxy) is 2. The van der Waals surface area contributed by atoms with Gasteiger partial charge in [-0.15, -0.1) is 0 Å². The highest BCUT2D eigenvalue weighted by atomic mass is 16.5. The van der Waals surface area contributed by atoms with Crippen molar-refractivity contribution in [3.63, 3.8) is 0 Å². The zero-order valence-corrected chi connectivity index (χ0v) is 14.6. The van der Waals surface area contributed by atoms with Gasteiger partial charge in [-0.2, -0.15) is 0 Å². The van der Waals surface area contributed by atoms with Gasteiger partial charge in [0.05, 0.1) is 14.2 Å². The van der Waals surface area contributed by atoms with Crippen LogP contribution in [0.4, 0.5) is 0 Å². The van der Waals surface area contributed by atoms with Crippen molar-refractivity contribution in [3.8, 4) is 17.2 Å². The van der Waals surface area contributed by atoms with Gasteiger partial charge >= 0.3 is 0 Å². The molecule has 0 radical (unpaired) electrons. The van der Waals surface area contributed by atoms with E-state index >= 15 is 0 Å². The summed E-state index contributed by atoms with van der Waals surface area (Å²) < 4.78 is 10.5. The highest BCUT2D eigenvalue weighted by molar-refractivity contribution is 5.91. The maximum Gasteiger partial charge on any atom is 0.200 e. The van der Waals surface area contributed by atoms with Crippen LogP contribution in [-0.4, -0.2) is 25.1 Å². The second kappa shape index (κ2) is 5.15. The molecule has 4 nitrogen and oxygen atoms in total. The number of methoxy groups -OCH3 is 2. The zero-order chi connectivity index (χ0) is 17.0. The molecule has 0 aliphatic heterocycles. The molecule has 2 fully saturated rings. The molecule has 2 bridgehead atoms. The van der Waals surface area contributed by atoms with Crippen molar-refractivity contribution in [2.24, 2.45) is 22.7 Å². The van der Waals surface area contributed by atoms with Crippen LogP contribution < -0.4 is 9.47 Å². The SMILES string of the molecule is COc1cc(CC2C(=O)C3(C)CCC2C3(C)C)cc(OC)c1O. The Morgan fingerprint density at radius 2 is 1.74 bits per heavy atom. The molecular formula is C19H26O4. The molecule has 3 rings (SSSR count). The van der Waals surface area contributed by atoms with E-state index in [1.54, 1.807) is 0 Å². The van der Waals surface area contributed by atoms with E-state index in [1.807, 2.05) is 12.1 Å². The summed E-state index contributed by atoms with van der Waals surface area (Å²) in [5.41, 5.74) is 0.828. The van der Waals surface area contributed by atoms with Gasteiger partial charge < -0.3 is 14.6 Å². The molecule has 23 heavy (non-hydrogen) atoms. The Labute approximate surface area is 137 Å². The third kappa shape index (κ3) is 2.07. The molecule has 2 saturated carbocycles. The molecule has 3 unspecified atom stereocenters. The van der Waals surface area contributed by atoms with E-state index in [0.29, 0.717) is 29.6 Å². The standard InChI is InChI=1S/C19H26O4/c1-18(2)13-6-7-19(18,3)17(21)12(13)8-11-9-14(22-4)16(20)15(10-11)23-5/h9-10,12-13,20H,6-8H2,1-5H3. The van der Waals surface area contributed by atoms with E-state index in [4.69, 9.17) is 9.47 Å². The second-order valence-corrected chi connectivity index (χ2v) is 7.72. The maximum atomic E-state index is 13.0. The number of phenols is 1. The molecule has 1 aromatic rings. The maximum absolute atomic E-state index is 13.0. The van der Waals surface area contributed by atoms with Crippen LogP contribution in [0.2, 0.25) is 0 Å². The van der Waals surface area contributed by atoms with Crippen molar-refractivity contribution >= 4 is 5.78 Å². The van der Waals surface area contributed by atoms with Crippen LogP contribution in [0.15, 0.2) is 12.1 Å². The van der Waals surface area contributed by atoms with Gasteiger partial charge in [-0.3, -0.25) is 4.79 Å². The molecule has 0 aromatic heterocycles. The van der Waals surface area contributed by atoms with Crippen LogP contribution in [0.25, 0.3) is 0 Å². The average Bonchev–Trinajstić information content (AvgIpc) is 2.82. The van der Waals surface area contributed by atoms with Gasteiger partial charge in [-0.25, -0.2) is 0 Å². The number of carbonyl (C=O) groups excluding carboxylic acids is 1. The van der Waals surface area contributed by atoms with Gasteiger partial charge in [0.1, 0.15) is 5.78 Å². The quantitative estimate of drug-likeness (QED) is 0.921. The summed E-state index contributed by atoms with van der Waals surface area (Å²) in [6.45, 7) is 6.61. The molecule has 0 saturated heterocycles. The van der Waals surface area contributed by atoms with Gasteiger partial charge in [0.2, 0.25) is 5.75 Å². The number of hydrogen-bond donors (Lipinski definition) is 1. The van der Waals surface area contributed by atoms with E-state index in [0.717, 1.165) is 18.4 Å². The number of carbonyl (C=O) groups is 1. The molecule has 126 valence electrons. The number of Topliss-reactive ketones (excluding diaryl/α,β-unsaturated/α-hetero) is 1. The number of phenolic OH excluding ortho intramolecular Hbond substituents is 1. The minimum atomic E-state index is -0.201. The van der Waals surface area contributed by atoms with Gasteiger partial charge in [-0.05, 0) is 48.3 Å². The van der Waals surface area contributed by atoms with Gasteiger partial charge in [0.15, 0.2) is 11.5 Å². The summed E-state index contributed by atoms with van der Waals surface area (Å²) in [4.78, 5) is 13.0. The Morgan fingerprint density at radius 1 is 1.17 bits per heavy atom. The van der Waals surface area contributed by atoms with Gasteiger partial charge in [-0.1, -0.05) is 20.8 Å². The Morgan fingerprint density at radius 3 is 2.17 bits per heavy atom. The highest BCUT2D eigenvalue weighted by Gasteiger charge is 2.65. The van der Waals surface area contributed by atoms with E-state index < -0.39 is 0 Å². The van der Waals surface area contributed by atoms with Crippen molar-refractivity contribution in [1.29, 1.82) is 0 Å². The van der Waals surface area contributed by atoms with Crippen LogP contribution >= 0.6 is 0 Å². The van der Waals surface area contributed by atoms with E-state index in [2.05, 4.69) is 20.8 Å². The van der Waals surface area contributed by atoms with Crippen molar-refractivity contribution in [1.82, 2.24) is 0 Å². The predicted octanol–water partition coefficient (Wildman–Crippen LogP) is 3.59. The summed E-state index contributed by atoms with van der Waals surface area (Å²) in [6, 6.07) is 3.62. The smallest absolute Gasteiger partial charge is 0.200 e. The fourth-order valence-corrected chi connectivity index (χ4v) is 4.83. The van der Waals surface area contributed by atoms with E-state index in [-0.39, 0.29) is 22.5 Å². The van der Waals surface area contributed by atoms with Crippen molar-refractivity contribution < 1.29 is 19.4 Å². The molecule has 3 atom stereocenters. The van der Waals surface area contributed by atoms with Crippen LogP contribution in [-0.2, 0) is 11.2 Å². The minimum absolute atomic E-state index is 0.00492. The third-order valence-corrected chi connectivity index (χ3v) is 6.67. The number of benzene rings is 1. The van der Waals surface area contributed by atoms with Crippen LogP contribution in [0.5, 0.6) is 17.2 Å². The van der Waals surface area contributed by atoms with E-state index in [1.165, 1.54) is 14.2 Å². The normalized spacial score (nSPS) is 31.4. The lowest BCUT2D eigenvalue weighted by atomic mass is 9.70. The largest absolute Gasteiger partial charge is 0.502 e. The lowest BCUT2D eigenvalue weighted by Crippen LogP contribution is -2.33. The van der Waals surface area contributed by atoms with Crippen molar-refractivity contribution in [3.05, 3.63) is 17.7 Å².